The summed E-state index contributed by atoms with van der Waals surface area (Å²) in [5.74, 6) is 1.23. The number of nitrogens with one attached hydrogen (secondary N) is 1. The Hall–Kier alpha value is -0.620. The first-order chi connectivity index (χ1) is 6.59. The van der Waals surface area contributed by atoms with E-state index in [1.165, 1.54) is 0 Å². The Bertz CT molecular complexity index is 345. The number of aromatic nitrogens is 1. The highest BCUT2D eigenvalue weighted by molar-refractivity contribution is 9.10. The number of halogens is 1. The van der Waals surface area contributed by atoms with E-state index in [0.717, 1.165) is 4.47 Å². The van der Waals surface area contributed by atoms with Crippen LogP contribution >= 0.6 is 15.9 Å². The molecular weight excluding hydrogens is 266 g/mol. The maximum absolute atomic E-state index is 10.8. The third-order valence-electron chi connectivity index (χ3n) is 1.57. The Morgan fingerprint density at radius 2 is 2.43 bits per heavy atom. The van der Waals surface area contributed by atoms with Crippen molar-refractivity contribution in [1.82, 2.24) is 4.98 Å². The summed E-state index contributed by atoms with van der Waals surface area (Å²) in [6, 6.07) is 1.78. The molecule has 1 aromatic heterocycles. The molecule has 0 saturated carbocycles. The van der Waals surface area contributed by atoms with E-state index < -0.39 is 10.8 Å². The van der Waals surface area contributed by atoms with Crippen LogP contribution in [0.25, 0.3) is 0 Å². The highest BCUT2D eigenvalue weighted by Crippen LogP contribution is 2.19. The van der Waals surface area contributed by atoms with Crippen molar-refractivity contribution in [3.63, 3.8) is 0 Å². The van der Waals surface area contributed by atoms with Gasteiger partial charge in [0.15, 0.2) is 0 Å². The highest BCUT2D eigenvalue weighted by atomic mass is 79.9. The van der Waals surface area contributed by atoms with Crippen LogP contribution < -0.4 is 11.1 Å². The van der Waals surface area contributed by atoms with Gasteiger partial charge in [-0.1, -0.05) is 0 Å². The third-order valence-corrected chi connectivity index (χ3v) is 2.78. The number of hydrogen-bond acceptors (Lipinski definition) is 4. The molecular formula is C8H12BrN3OS. The lowest BCUT2D eigenvalue weighted by Gasteiger charge is -2.06. The molecule has 0 fully saturated rings. The van der Waals surface area contributed by atoms with Gasteiger partial charge in [0, 0.05) is 40.0 Å². The number of nitrogens with zero attached hydrogens (tertiary/aromatic N) is 1. The minimum Gasteiger partial charge on any atom is -0.396 e. The maximum Gasteiger partial charge on any atom is 0.149 e. The summed E-state index contributed by atoms with van der Waals surface area (Å²) in [5.41, 5.74) is 6.29. The summed E-state index contributed by atoms with van der Waals surface area (Å²) >= 11 is 3.27. The van der Waals surface area contributed by atoms with Crippen LogP contribution in [0, 0.1) is 0 Å². The van der Waals surface area contributed by atoms with E-state index >= 15 is 0 Å². The minimum atomic E-state index is -0.791. The summed E-state index contributed by atoms with van der Waals surface area (Å²) in [7, 11) is -0.791. The van der Waals surface area contributed by atoms with Crippen LogP contribution in [0.1, 0.15) is 0 Å². The SMILES string of the molecule is CS(=O)CCNc1ncc(Br)cc1N. The van der Waals surface area contributed by atoms with E-state index in [1.54, 1.807) is 18.5 Å². The lowest BCUT2D eigenvalue weighted by molar-refractivity contribution is 0.687. The molecule has 0 spiro atoms. The van der Waals surface area contributed by atoms with Gasteiger partial charge >= 0.3 is 0 Å². The normalized spacial score (nSPS) is 12.4. The average Bonchev–Trinajstić information content (AvgIpc) is 2.08. The van der Waals surface area contributed by atoms with Crippen molar-refractivity contribution in [3.8, 4) is 0 Å². The fourth-order valence-electron chi connectivity index (χ4n) is 0.916. The smallest absolute Gasteiger partial charge is 0.149 e. The van der Waals surface area contributed by atoms with Crippen molar-refractivity contribution in [3.05, 3.63) is 16.7 Å². The molecule has 0 radical (unpaired) electrons. The van der Waals surface area contributed by atoms with Gasteiger partial charge in [-0.2, -0.15) is 0 Å². The van der Waals surface area contributed by atoms with Crippen molar-refractivity contribution >= 4 is 38.2 Å². The molecule has 0 bridgehead atoms. The van der Waals surface area contributed by atoms with Gasteiger partial charge in [-0.15, -0.1) is 0 Å². The summed E-state index contributed by atoms with van der Waals surface area (Å²) in [5, 5.41) is 3.02. The van der Waals surface area contributed by atoms with Gasteiger partial charge in [0.05, 0.1) is 5.69 Å². The molecule has 0 aliphatic rings. The molecule has 78 valence electrons. The second-order valence-corrected chi connectivity index (χ2v) is 5.27. The van der Waals surface area contributed by atoms with Crippen LogP contribution in [0.2, 0.25) is 0 Å². The lowest BCUT2D eigenvalue weighted by Crippen LogP contribution is -2.12. The average molecular weight is 278 g/mol. The molecule has 14 heavy (non-hydrogen) atoms. The molecule has 0 saturated heterocycles. The number of rotatable bonds is 4. The molecule has 1 rings (SSSR count). The van der Waals surface area contributed by atoms with Crippen molar-refractivity contribution in [2.45, 2.75) is 0 Å². The molecule has 0 aliphatic carbocycles. The minimum absolute atomic E-state index is 0.585. The molecule has 0 aromatic carbocycles. The summed E-state index contributed by atoms with van der Waals surface area (Å²) in [4.78, 5) is 4.09. The van der Waals surface area contributed by atoms with E-state index in [0.29, 0.717) is 23.8 Å². The van der Waals surface area contributed by atoms with Crippen LogP contribution in [0.4, 0.5) is 11.5 Å². The third kappa shape index (κ3) is 3.63. The summed E-state index contributed by atoms with van der Waals surface area (Å²) in [6.45, 7) is 0.613. The van der Waals surface area contributed by atoms with E-state index in [-0.39, 0.29) is 0 Å². The van der Waals surface area contributed by atoms with E-state index in [4.69, 9.17) is 5.73 Å². The molecule has 1 aromatic rings. The first-order valence-corrected chi connectivity index (χ1v) is 6.56. The molecule has 3 N–H and O–H groups in total. The lowest BCUT2D eigenvalue weighted by atomic mass is 10.4. The van der Waals surface area contributed by atoms with Crippen LogP contribution in [0.15, 0.2) is 16.7 Å². The molecule has 0 amide bonds. The van der Waals surface area contributed by atoms with Crippen LogP contribution in [0.3, 0.4) is 0 Å². The number of pyridine rings is 1. The predicted octanol–water partition coefficient (Wildman–Crippen LogP) is 1.22. The van der Waals surface area contributed by atoms with Crippen LogP contribution in [0.5, 0.6) is 0 Å². The van der Waals surface area contributed by atoms with E-state index in [2.05, 4.69) is 26.2 Å². The molecule has 4 nitrogen and oxygen atoms in total. The Balaban J connectivity index is 2.55. The Labute approximate surface area is 93.9 Å². The number of hydrogen-bond donors (Lipinski definition) is 2. The van der Waals surface area contributed by atoms with Gasteiger partial charge < -0.3 is 11.1 Å². The van der Waals surface area contributed by atoms with Gasteiger partial charge in [0.2, 0.25) is 0 Å². The fraction of sp³-hybridized carbons (Fsp3) is 0.375. The first kappa shape index (κ1) is 11.5. The summed E-state index contributed by atoms with van der Waals surface area (Å²) in [6.07, 6.45) is 3.33. The molecule has 1 unspecified atom stereocenters. The predicted molar refractivity (Wildman–Crippen MR) is 63.8 cm³/mol. The molecule has 1 atom stereocenters. The molecule has 0 aliphatic heterocycles. The Kier molecular flexibility index (Phi) is 4.34. The second kappa shape index (κ2) is 5.31. The van der Waals surface area contributed by atoms with E-state index in [1.807, 2.05) is 0 Å². The standard InChI is InChI=1S/C8H12BrN3OS/c1-14(13)3-2-11-8-7(10)4-6(9)5-12-8/h4-5H,2-3,10H2,1H3,(H,11,12). The summed E-state index contributed by atoms with van der Waals surface area (Å²) < 4.78 is 11.6. The molecule has 1 heterocycles. The van der Waals surface area contributed by atoms with Crippen molar-refractivity contribution in [1.29, 1.82) is 0 Å². The van der Waals surface area contributed by atoms with E-state index in [9.17, 15) is 4.21 Å². The van der Waals surface area contributed by atoms with Crippen LogP contribution in [-0.2, 0) is 10.8 Å². The second-order valence-electron chi connectivity index (χ2n) is 2.80. The van der Waals surface area contributed by atoms with Gasteiger partial charge in [0.25, 0.3) is 0 Å². The largest absolute Gasteiger partial charge is 0.396 e. The maximum atomic E-state index is 10.8. The zero-order valence-electron chi connectivity index (χ0n) is 7.79. The quantitative estimate of drug-likeness (QED) is 0.869. The topological polar surface area (TPSA) is 68.0 Å². The van der Waals surface area contributed by atoms with Crippen molar-refractivity contribution in [2.75, 3.05) is 29.6 Å². The van der Waals surface area contributed by atoms with Gasteiger partial charge in [0.1, 0.15) is 5.82 Å². The van der Waals surface area contributed by atoms with Crippen molar-refractivity contribution < 1.29 is 4.21 Å². The fourth-order valence-corrected chi connectivity index (χ4v) is 1.65. The highest BCUT2D eigenvalue weighted by Gasteiger charge is 2.00. The van der Waals surface area contributed by atoms with Gasteiger partial charge in [-0.05, 0) is 22.0 Å². The molecule has 6 heteroatoms. The van der Waals surface area contributed by atoms with Gasteiger partial charge in [-0.25, -0.2) is 4.98 Å². The number of nitrogen functional groups attached to an aromatic ring is 1. The van der Waals surface area contributed by atoms with Crippen LogP contribution in [-0.4, -0.2) is 27.7 Å². The zero-order chi connectivity index (χ0) is 10.6. The zero-order valence-corrected chi connectivity index (χ0v) is 10.2. The number of nitrogens with two attached hydrogens (primary N) is 1. The monoisotopic (exact) mass is 277 g/mol. The first-order valence-electron chi connectivity index (χ1n) is 4.04. The Morgan fingerprint density at radius 1 is 1.71 bits per heavy atom. The number of anilines is 2. The van der Waals surface area contributed by atoms with Gasteiger partial charge in [-0.3, -0.25) is 4.21 Å². The van der Waals surface area contributed by atoms with Crippen molar-refractivity contribution in [2.24, 2.45) is 0 Å². The Morgan fingerprint density at radius 3 is 3.00 bits per heavy atom.